The van der Waals surface area contributed by atoms with E-state index in [9.17, 15) is 65.9 Å². The van der Waals surface area contributed by atoms with Crippen molar-refractivity contribution < 1.29 is 71.0 Å². The molecule has 0 amide bonds. The van der Waals surface area contributed by atoms with Gasteiger partial charge in [-0.25, -0.2) is 8.78 Å². The number of aliphatic hydroxyl groups excluding tert-OH is 1. The number of rotatable bonds is 12. The van der Waals surface area contributed by atoms with E-state index in [0.717, 1.165) is 0 Å². The molecule has 16 heteroatoms. The van der Waals surface area contributed by atoms with Crippen LogP contribution < -0.4 is 0 Å². The summed E-state index contributed by atoms with van der Waals surface area (Å²) in [5.41, 5.74) is -14.6. The fraction of sp³-hybridized carbons (Fsp3) is 1.00. The van der Waals surface area contributed by atoms with Crippen LogP contribution in [-0.2, 0) is 0 Å². The Kier molecular flexibility index (Phi) is 9.12. The van der Waals surface area contributed by atoms with Crippen molar-refractivity contribution in [2.45, 2.75) is 111 Å². The van der Waals surface area contributed by atoms with Crippen molar-refractivity contribution in [1.82, 2.24) is 0 Å². The van der Waals surface area contributed by atoms with E-state index in [1.54, 1.807) is 0 Å². The zero-order valence-electron chi connectivity index (χ0n) is 17.9. The Labute approximate surface area is 190 Å². The molecule has 0 aromatic carbocycles. The number of hydrogen-bond donors (Lipinski definition) is 1. The van der Waals surface area contributed by atoms with E-state index >= 15 is 0 Å². The second-order valence-electron chi connectivity index (χ2n) is 8.48. The van der Waals surface area contributed by atoms with Crippen molar-refractivity contribution in [3.8, 4) is 0 Å². The summed E-state index contributed by atoms with van der Waals surface area (Å²) in [5, 5.41) is 8.60. The lowest BCUT2D eigenvalue weighted by Crippen LogP contribution is -2.89. The zero-order chi connectivity index (χ0) is 27.8. The van der Waals surface area contributed by atoms with Crippen molar-refractivity contribution >= 4 is 0 Å². The van der Waals surface area contributed by atoms with Gasteiger partial charge < -0.3 is 5.11 Å². The summed E-state index contributed by atoms with van der Waals surface area (Å²) in [4.78, 5) is 0. The first-order valence-electron chi connectivity index (χ1n) is 10.5. The van der Waals surface area contributed by atoms with E-state index in [-0.39, 0.29) is 13.0 Å². The van der Waals surface area contributed by atoms with E-state index in [4.69, 9.17) is 5.11 Å². The first kappa shape index (κ1) is 31.9. The SMILES string of the molecule is OCCCCCCCCCCCC1(F)C(F)(F)C(F)(F)C(F)(C(F)(F)C(F)(F)F)C(F)(F)C1(F)F. The number of unbranched alkanes of at least 4 members (excludes halogenated alkanes) is 8. The molecule has 1 rings (SSSR count). The van der Waals surface area contributed by atoms with Crippen molar-refractivity contribution in [2.24, 2.45) is 0 Å². The number of halogens is 15. The molecule has 1 saturated carbocycles. The van der Waals surface area contributed by atoms with Gasteiger partial charge in [-0.1, -0.05) is 44.9 Å². The molecule has 0 bridgehead atoms. The maximum absolute atomic E-state index is 14.7. The third-order valence-electron chi connectivity index (χ3n) is 6.12. The summed E-state index contributed by atoms with van der Waals surface area (Å²) in [7, 11) is 0. The molecule has 0 radical (unpaired) electrons. The first-order valence-corrected chi connectivity index (χ1v) is 10.5. The van der Waals surface area contributed by atoms with Crippen LogP contribution in [0.15, 0.2) is 0 Å². The van der Waals surface area contributed by atoms with E-state index in [0.29, 0.717) is 38.5 Å². The summed E-state index contributed by atoms with van der Waals surface area (Å²) >= 11 is 0. The van der Waals surface area contributed by atoms with Gasteiger partial charge in [0.15, 0.2) is 0 Å². The molecule has 1 aliphatic carbocycles. The third-order valence-corrected chi connectivity index (χ3v) is 6.12. The van der Waals surface area contributed by atoms with Gasteiger partial charge in [0, 0.05) is 6.61 Å². The zero-order valence-corrected chi connectivity index (χ0v) is 17.9. The van der Waals surface area contributed by atoms with Crippen LogP contribution in [0.25, 0.3) is 0 Å². The van der Waals surface area contributed by atoms with Crippen LogP contribution in [0.4, 0.5) is 65.9 Å². The number of aliphatic hydroxyl groups is 1. The molecule has 1 N–H and O–H groups in total. The third kappa shape index (κ3) is 4.47. The lowest BCUT2D eigenvalue weighted by Gasteiger charge is -2.56. The minimum absolute atomic E-state index is 0.000792. The Morgan fingerprint density at radius 1 is 0.457 bits per heavy atom. The lowest BCUT2D eigenvalue weighted by molar-refractivity contribution is -0.504. The molecule has 0 aromatic heterocycles. The molecule has 0 heterocycles. The molecule has 35 heavy (non-hydrogen) atoms. The molecule has 1 aliphatic rings. The number of alkyl halides is 15. The molecule has 0 spiro atoms. The molecule has 1 nitrogen and oxygen atoms in total. The molecule has 210 valence electrons. The highest BCUT2D eigenvalue weighted by Crippen LogP contribution is 2.74. The fourth-order valence-electron chi connectivity index (χ4n) is 3.95. The highest BCUT2D eigenvalue weighted by Gasteiger charge is 3.05. The lowest BCUT2D eigenvalue weighted by atomic mass is 9.63. The largest absolute Gasteiger partial charge is 0.457 e. The predicted octanol–water partition coefficient (Wildman–Crippen LogP) is 8.05. The van der Waals surface area contributed by atoms with Crippen LogP contribution in [0.3, 0.4) is 0 Å². The highest BCUT2D eigenvalue weighted by molar-refractivity contribution is 5.33. The normalized spacial score (nSPS) is 29.8. The quantitative estimate of drug-likeness (QED) is 0.192. The first-order chi connectivity index (χ1) is 15.6. The fourth-order valence-corrected chi connectivity index (χ4v) is 3.95. The monoisotopic (exact) mass is 552 g/mol. The van der Waals surface area contributed by atoms with Gasteiger partial charge in [0.1, 0.15) is 0 Å². The van der Waals surface area contributed by atoms with E-state index in [1.807, 2.05) is 0 Å². The van der Waals surface area contributed by atoms with E-state index < -0.39 is 66.4 Å². The standard InChI is InChI=1S/C19H23F15O/c20-12(10-8-6-4-2-1-3-5-7-9-11-35)14(22,23)16(26,27)13(21,17(28,29)15(12,24)25)18(30,31)19(32,33)34/h35H,1-11H2. The Balaban J connectivity index is 3.18. The van der Waals surface area contributed by atoms with Gasteiger partial charge in [-0.15, -0.1) is 0 Å². The van der Waals surface area contributed by atoms with Gasteiger partial charge in [-0.2, -0.15) is 57.1 Å². The van der Waals surface area contributed by atoms with Crippen LogP contribution >= 0.6 is 0 Å². The molecule has 0 aromatic rings. The molecule has 0 saturated heterocycles. The molecular formula is C19H23F15O. The van der Waals surface area contributed by atoms with E-state index in [1.165, 1.54) is 0 Å². The van der Waals surface area contributed by atoms with Crippen LogP contribution in [0.2, 0.25) is 0 Å². The summed E-state index contributed by atoms with van der Waals surface area (Å²) in [6.07, 6.45) is -8.58. The van der Waals surface area contributed by atoms with Crippen molar-refractivity contribution in [3.63, 3.8) is 0 Å². The molecule has 0 aliphatic heterocycles. The smallest absolute Gasteiger partial charge is 0.396 e. The average molecular weight is 552 g/mol. The van der Waals surface area contributed by atoms with Gasteiger partial charge in [-0.05, 0) is 19.3 Å². The Bertz CT molecular complexity index is 673. The highest BCUT2D eigenvalue weighted by atomic mass is 19.4. The summed E-state index contributed by atoms with van der Waals surface area (Å²) in [6, 6.07) is 0. The van der Waals surface area contributed by atoms with Crippen molar-refractivity contribution in [1.29, 1.82) is 0 Å². The van der Waals surface area contributed by atoms with Gasteiger partial charge >= 0.3 is 41.5 Å². The predicted molar refractivity (Wildman–Crippen MR) is 91.7 cm³/mol. The van der Waals surface area contributed by atoms with E-state index in [2.05, 4.69) is 0 Å². The van der Waals surface area contributed by atoms with Crippen molar-refractivity contribution in [3.05, 3.63) is 0 Å². The summed E-state index contributed by atoms with van der Waals surface area (Å²) < 4.78 is 206. The van der Waals surface area contributed by atoms with Crippen LogP contribution in [-0.4, -0.2) is 58.8 Å². The van der Waals surface area contributed by atoms with Gasteiger partial charge in [0.25, 0.3) is 0 Å². The van der Waals surface area contributed by atoms with Gasteiger partial charge in [-0.3, -0.25) is 0 Å². The molecule has 0 unspecified atom stereocenters. The Hall–Kier alpha value is -1.09. The van der Waals surface area contributed by atoms with Crippen LogP contribution in [0.1, 0.15) is 64.2 Å². The molecule has 1 fully saturated rings. The second-order valence-corrected chi connectivity index (χ2v) is 8.48. The van der Waals surface area contributed by atoms with Crippen LogP contribution in [0, 0.1) is 0 Å². The summed E-state index contributed by atoms with van der Waals surface area (Å²) in [6.45, 7) is -0.0320. The van der Waals surface area contributed by atoms with Crippen LogP contribution in [0.5, 0.6) is 0 Å². The Morgan fingerprint density at radius 2 is 0.771 bits per heavy atom. The Morgan fingerprint density at radius 3 is 1.09 bits per heavy atom. The molecular weight excluding hydrogens is 529 g/mol. The maximum atomic E-state index is 14.7. The van der Waals surface area contributed by atoms with Gasteiger partial charge in [0.05, 0.1) is 0 Å². The average Bonchev–Trinajstić information content (AvgIpc) is 2.71. The summed E-state index contributed by atoms with van der Waals surface area (Å²) in [5.74, 6) is -38.7. The minimum Gasteiger partial charge on any atom is -0.396 e. The second kappa shape index (κ2) is 9.99. The maximum Gasteiger partial charge on any atom is 0.457 e. The number of hydrogen-bond acceptors (Lipinski definition) is 1. The topological polar surface area (TPSA) is 20.2 Å². The van der Waals surface area contributed by atoms with Gasteiger partial charge in [0.2, 0.25) is 5.67 Å². The van der Waals surface area contributed by atoms with Crippen molar-refractivity contribution in [2.75, 3.05) is 6.61 Å². The minimum atomic E-state index is -8.22. The molecule has 0 atom stereocenters.